The van der Waals surface area contributed by atoms with Gasteiger partial charge < -0.3 is 4.74 Å². The number of aryl methyl sites for hydroxylation is 1. The second kappa shape index (κ2) is 5.15. The first-order valence-corrected chi connectivity index (χ1v) is 5.73. The molecule has 2 nitrogen and oxygen atoms in total. The fraction of sp³-hybridized carbons (Fsp3) is 0.500. The number of rotatable bonds is 4. The lowest BCUT2D eigenvalue weighted by atomic mass is 9.99. The summed E-state index contributed by atoms with van der Waals surface area (Å²) in [6, 6.07) is 5.62. The molecule has 88 valence electrons. The van der Waals surface area contributed by atoms with Crippen molar-refractivity contribution >= 4 is 5.78 Å². The highest BCUT2D eigenvalue weighted by Gasteiger charge is 2.12. The number of hydrogen-bond acceptors (Lipinski definition) is 2. The van der Waals surface area contributed by atoms with Gasteiger partial charge in [0, 0.05) is 11.5 Å². The van der Waals surface area contributed by atoms with Crippen molar-refractivity contribution in [2.45, 2.75) is 40.7 Å². The van der Waals surface area contributed by atoms with Crippen LogP contribution < -0.4 is 4.74 Å². The predicted molar refractivity (Wildman–Crippen MR) is 66.1 cm³/mol. The third-order valence-corrected chi connectivity index (χ3v) is 2.35. The molecular formula is C14H20O2. The van der Waals surface area contributed by atoms with Crippen LogP contribution in [0.1, 0.15) is 43.6 Å². The van der Waals surface area contributed by atoms with Crippen LogP contribution in [0.5, 0.6) is 5.75 Å². The van der Waals surface area contributed by atoms with Crippen LogP contribution in [-0.2, 0) is 0 Å². The monoisotopic (exact) mass is 220 g/mol. The Morgan fingerprint density at radius 1 is 1.19 bits per heavy atom. The van der Waals surface area contributed by atoms with E-state index in [1.54, 1.807) is 0 Å². The van der Waals surface area contributed by atoms with Gasteiger partial charge in [-0.15, -0.1) is 0 Å². The number of hydrogen-bond donors (Lipinski definition) is 0. The average Bonchev–Trinajstić information content (AvgIpc) is 2.19. The Kier molecular flexibility index (Phi) is 4.11. The molecule has 0 radical (unpaired) electrons. The summed E-state index contributed by atoms with van der Waals surface area (Å²) >= 11 is 0. The summed E-state index contributed by atoms with van der Waals surface area (Å²) in [7, 11) is 0. The van der Waals surface area contributed by atoms with Gasteiger partial charge in [-0.3, -0.25) is 4.79 Å². The van der Waals surface area contributed by atoms with Crippen molar-refractivity contribution in [2.24, 2.45) is 5.92 Å². The van der Waals surface area contributed by atoms with Crippen LogP contribution in [0.15, 0.2) is 18.2 Å². The number of Topliss-reactive ketones (excluding diaryl/α,β-unsaturated/α-hetero) is 1. The van der Waals surface area contributed by atoms with E-state index in [0.717, 1.165) is 16.9 Å². The van der Waals surface area contributed by atoms with Crippen molar-refractivity contribution in [3.63, 3.8) is 0 Å². The molecule has 0 saturated heterocycles. The quantitative estimate of drug-likeness (QED) is 0.724. The molecule has 0 unspecified atom stereocenters. The minimum Gasteiger partial charge on any atom is -0.491 e. The van der Waals surface area contributed by atoms with Crippen LogP contribution in [0, 0.1) is 12.8 Å². The molecule has 16 heavy (non-hydrogen) atoms. The molecule has 0 heterocycles. The summed E-state index contributed by atoms with van der Waals surface area (Å²) in [6.07, 6.45) is 0.158. The Bertz CT molecular complexity index is 378. The summed E-state index contributed by atoms with van der Waals surface area (Å²) in [6.45, 7) is 9.78. The molecule has 0 atom stereocenters. The second-order valence-corrected chi connectivity index (χ2v) is 4.67. The van der Waals surface area contributed by atoms with Gasteiger partial charge in [0.1, 0.15) is 5.75 Å². The van der Waals surface area contributed by atoms with E-state index >= 15 is 0 Å². The zero-order chi connectivity index (χ0) is 12.3. The van der Waals surface area contributed by atoms with E-state index in [0.29, 0.717) is 0 Å². The average molecular weight is 220 g/mol. The minimum absolute atomic E-state index is 0.0382. The molecule has 0 N–H and O–H groups in total. The number of ketones is 1. The van der Waals surface area contributed by atoms with Crippen molar-refractivity contribution in [3.8, 4) is 5.75 Å². The first-order valence-electron chi connectivity index (χ1n) is 5.73. The molecule has 1 rings (SSSR count). The highest BCUT2D eigenvalue weighted by Crippen LogP contribution is 2.21. The van der Waals surface area contributed by atoms with Gasteiger partial charge in [0.15, 0.2) is 5.78 Å². The zero-order valence-electron chi connectivity index (χ0n) is 10.7. The van der Waals surface area contributed by atoms with E-state index in [1.165, 1.54) is 0 Å². The first kappa shape index (κ1) is 12.8. The number of ether oxygens (including phenoxy) is 1. The molecule has 1 aromatic rings. The first-order chi connectivity index (χ1) is 7.41. The SMILES string of the molecule is Cc1cc(C(=O)C(C)C)ccc1OC(C)C. The van der Waals surface area contributed by atoms with Gasteiger partial charge in [-0.2, -0.15) is 0 Å². The molecule has 2 heteroatoms. The lowest BCUT2D eigenvalue weighted by Gasteiger charge is -2.13. The summed E-state index contributed by atoms with van der Waals surface area (Å²) < 4.78 is 5.63. The molecule has 0 amide bonds. The smallest absolute Gasteiger partial charge is 0.165 e. The van der Waals surface area contributed by atoms with Crippen molar-refractivity contribution in [1.82, 2.24) is 0 Å². The maximum atomic E-state index is 11.8. The number of carbonyl (C=O) groups is 1. The molecule has 1 aromatic carbocycles. The lowest BCUT2D eigenvalue weighted by Crippen LogP contribution is -2.10. The van der Waals surface area contributed by atoms with Gasteiger partial charge in [-0.1, -0.05) is 13.8 Å². The van der Waals surface area contributed by atoms with Crippen LogP contribution in [0.25, 0.3) is 0 Å². The van der Waals surface area contributed by atoms with E-state index < -0.39 is 0 Å². The molecule has 0 aliphatic rings. The van der Waals surface area contributed by atoms with Crippen LogP contribution in [0.2, 0.25) is 0 Å². The Labute approximate surface area is 97.6 Å². The molecule has 0 spiro atoms. The van der Waals surface area contributed by atoms with Crippen LogP contribution >= 0.6 is 0 Å². The van der Waals surface area contributed by atoms with E-state index in [1.807, 2.05) is 52.8 Å². The zero-order valence-corrected chi connectivity index (χ0v) is 10.7. The summed E-state index contributed by atoms with van der Waals surface area (Å²) in [5, 5.41) is 0. The van der Waals surface area contributed by atoms with Gasteiger partial charge in [-0.05, 0) is 44.5 Å². The topological polar surface area (TPSA) is 26.3 Å². The Morgan fingerprint density at radius 2 is 1.81 bits per heavy atom. The maximum absolute atomic E-state index is 11.8. The summed E-state index contributed by atoms with van der Waals surface area (Å²) in [5.41, 5.74) is 1.78. The van der Waals surface area contributed by atoms with Crippen molar-refractivity contribution in [1.29, 1.82) is 0 Å². The van der Waals surface area contributed by atoms with Gasteiger partial charge in [0.25, 0.3) is 0 Å². The number of benzene rings is 1. The Morgan fingerprint density at radius 3 is 2.25 bits per heavy atom. The van der Waals surface area contributed by atoms with Gasteiger partial charge in [0.2, 0.25) is 0 Å². The maximum Gasteiger partial charge on any atom is 0.165 e. The van der Waals surface area contributed by atoms with Crippen molar-refractivity contribution in [2.75, 3.05) is 0 Å². The third-order valence-electron chi connectivity index (χ3n) is 2.35. The van der Waals surface area contributed by atoms with E-state index in [-0.39, 0.29) is 17.8 Å². The summed E-state index contributed by atoms with van der Waals surface area (Å²) in [5.74, 6) is 1.07. The van der Waals surface area contributed by atoms with Crippen LogP contribution in [0.4, 0.5) is 0 Å². The third kappa shape index (κ3) is 3.09. The standard InChI is InChI=1S/C14H20O2/c1-9(2)14(15)12-6-7-13(11(5)8-12)16-10(3)4/h6-10H,1-5H3. The molecule has 0 saturated carbocycles. The fourth-order valence-corrected chi connectivity index (χ4v) is 1.52. The van der Waals surface area contributed by atoms with E-state index in [4.69, 9.17) is 4.74 Å². The molecule has 0 aromatic heterocycles. The van der Waals surface area contributed by atoms with E-state index in [9.17, 15) is 4.79 Å². The van der Waals surface area contributed by atoms with Gasteiger partial charge in [0.05, 0.1) is 6.10 Å². The number of carbonyl (C=O) groups excluding carboxylic acids is 1. The fourth-order valence-electron chi connectivity index (χ4n) is 1.52. The Hall–Kier alpha value is -1.31. The highest BCUT2D eigenvalue weighted by molar-refractivity contribution is 5.97. The molecule has 0 fully saturated rings. The molecular weight excluding hydrogens is 200 g/mol. The van der Waals surface area contributed by atoms with Gasteiger partial charge in [-0.25, -0.2) is 0 Å². The normalized spacial score (nSPS) is 10.9. The van der Waals surface area contributed by atoms with Crippen molar-refractivity contribution in [3.05, 3.63) is 29.3 Å². The van der Waals surface area contributed by atoms with E-state index in [2.05, 4.69) is 0 Å². The highest BCUT2D eigenvalue weighted by atomic mass is 16.5. The summed E-state index contributed by atoms with van der Waals surface area (Å²) in [4.78, 5) is 11.8. The predicted octanol–water partition coefficient (Wildman–Crippen LogP) is 3.62. The van der Waals surface area contributed by atoms with Crippen LogP contribution in [-0.4, -0.2) is 11.9 Å². The largest absolute Gasteiger partial charge is 0.491 e. The second-order valence-electron chi connectivity index (χ2n) is 4.67. The van der Waals surface area contributed by atoms with Gasteiger partial charge >= 0.3 is 0 Å². The van der Waals surface area contributed by atoms with Crippen LogP contribution in [0.3, 0.4) is 0 Å². The Balaban J connectivity index is 2.95. The molecule has 0 aliphatic heterocycles. The van der Waals surface area contributed by atoms with Crippen molar-refractivity contribution < 1.29 is 9.53 Å². The molecule has 0 aliphatic carbocycles. The minimum atomic E-state index is 0.0382. The lowest BCUT2D eigenvalue weighted by molar-refractivity contribution is 0.0939. The molecule has 0 bridgehead atoms.